The Morgan fingerprint density at radius 2 is 1.95 bits per heavy atom. The van der Waals surface area contributed by atoms with Gasteiger partial charge in [0, 0.05) is 30.7 Å². The lowest BCUT2D eigenvalue weighted by atomic mass is 9.61. The Morgan fingerprint density at radius 1 is 1.16 bits per heavy atom. The molecule has 1 unspecified atom stereocenters. The molecule has 6 rings (SSSR count). The molecule has 1 spiro atoms. The lowest BCUT2D eigenvalue weighted by Crippen LogP contribution is -2.68. The molecule has 1 N–H and O–H groups in total. The van der Waals surface area contributed by atoms with Crippen LogP contribution in [0.5, 0.6) is 17.5 Å². The number of likely N-dealkylation sites (tertiary alicyclic amines) is 1. The number of carbonyl (C=O) groups is 1. The van der Waals surface area contributed by atoms with E-state index in [0.717, 1.165) is 49.9 Å². The monoisotopic (exact) mass is 524 g/mol. The van der Waals surface area contributed by atoms with Crippen LogP contribution >= 0.6 is 0 Å². The summed E-state index contributed by atoms with van der Waals surface area (Å²) in [7, 11) is 0. The van der Waals surface area contributed by atoms with Crippen molar-refractivity contribution in [1.82, 2.24) is 20.2 Å². The minimum absolute atomic E-state index is 0.0266. The zero-order valence-corrected chi connectivity index (χ0v) is 22.1. The highest BCUT2D eigenvalue weighted by Crippen LogP contribution is 2.51. The van der Waals surface area contributed by atoms with E-state index in [9.17, 15) is 9.18 Å². The number of halogens is 1. The molecule has 8 nitrogen and oxygen atoms in total. The van der Waals surface area contributed by atoms with E-state index in [1.165, 1.54) is 6.42 Å². The van der Waals surface area contributed by atoms with Crippen LogP contribution in [0.4, 0.5) is 4.39 Å². The number of hydrogen-bond acceptors (Lipinski definition) is 7. The maximum atomic E-state index is 14.9. The first-order chi connectivity index (χ1) is 18.5. The molecule has 9 heteroatoms. The summed E-state index contributed by atoms with van der Waals surface area (Å²) in [5, 5.41) is 3.40. The van der Waals surface area contributed by atoms with Crippen molar-refractivity contribution in [1.29, 1.82) is 0 Å². The van der Waals surface area contributed by atoms with Crippen LogP contribution in [0.3, 0.4) is 0 Å². The van der Waals surface area contributed by atoms with Crippen molar-refractivity contribution in [2.24, 2.45) is 5.41 Å². The van der Waals surface area contributed by atoms with Gasteiger partial charge in [0.2, 0.25) is 5.88 Å². The van der Waals surface area contributed by atoms with Gasteiger partial charge in [-0.25, -0.2) is 14.4 Å². The fraction of sp³-hybridized carbons (Fsp3) is 0.621. The van der Waals surface area contributed by atoms with Crippen molar-refractivity contribution in [3.05, 3.63) is 30.5 Å². The van der Waals surface area contributed by atoms with Gasteiger partial charge < -0.3 is 24.4 Å². The number of carbonyl (C=O) groups excluding carboxylic acids is 1. The Kier molecular flexibility index (Phi) is 6.88. The molecule has 2 aromatic rings. The molecule has 4 heterocycles. The van der Waals surface area contributed by atoms with Crippen molar-refractivity contribution < 1.29 is 23.4 Å². The molecule has 2 aliphatic carbocycles. The molecule has 0 aromatic carbocycles. The molecule has 2 saturated carbocycles. The summed E-state index contributed by atoms with van der Waals surface area (Å²) in [4.78, 5) is 23.5. The SMILES string of the molecule is CCOc1ncccc1-c1ccc(OC2CC3(C2)CN(C(=O)C2(F)CCCC2)C3)c(OCCC2CCN2)n1. The second-order valence-corrected chi connectivity index (χ2v) is 11.3. The minimum atomic E-state index is -1.63. The maximum Gasteiger partial charge on any atom is 0.260 e. The summed E-state index contributed by atoms with van der Waals surface area (Å²) in [6.07, 6.45) is 7.86. The molecule has 1 amide bonds. The van der Waals surface area contributed by atoms with Crippen LogP contribution in [0.1, 0.15) is 58.3 Å². The van der Waals surface area contributed by atoms with E-state index in [1.807, 2.05) is 31.2 Å². The highest BCUT2D eigenvalue weighted by molar-refractivity contribution is 5.86. The van der Waals surface area contributed by atoms with Crippen LogP contribution in [-0.4, -0.2) is 71.4 Å². The smallest absolute Gasteiger partial charge is 0.260 e. The normalized spacial score (nSPS) is 23.3. The van der Waals surface area contributed by atoms with E-state index in [-0.39, 0.29) is 17.4 Å². The third-order valence-corrected chi connectivity index (χ3v) is 8.52. The predicted octanol–water partition coefficient (Wildman–Crippen LogP) is 4.33. The summed E-state index contributed by atoms with van der Waals surface area (Å²) in [6, 6.07) is 8.13. The first-order valence-corrected chi connectivity index (χ1v) is 14.1. The zero-order valence-electron chi connectivity index (χ0n) is 22.1. The lowest BCUT2D eigenvalue weighted by molar-refractivity contribution is -0.171. The molecule has 0 radical (unpaired) electrons. The average Bonchev–Trinajstić information content (AvgIpc) is 3.30. The summed E-state index contributed by atoms with van der Waals surface area (Å²) < 4.78 is 33.1. The molecule has 4 fully saturated rings. The number of pyridine rings is 2. The van der Waals surface area contributed by atoms with Gasteiger partial charge in [0.15, 0.2) is 11.4 Å². The van der Waals surface area contributed by atoms with Gasteiger partial charge >= 0.3 is 0 Å². The van der Waals surface area contributed by atoms with Crippen molar-refractivity contribution in [2.45, 2.75) is 76.1 Å². The topological polar surface area (TPSA) is 85.8 Å². The minimum Gasteiger partial charge on any atom is -0.485 e. The molecule has 0 bridgehead atoms. The molecular weight excluding hydrogens is 487 g/mol. The van der Waals surface area contributed by atoms with E-state index < -0.39 is 5.67 Å². The van der Waals surface area contributed by atoms with Crippen molar-refractivity contribution >= 4 is 5.91 Å². The van der Waals surface area contributed by atoms with Gasteiger partial charge in [-0.3, -0.25) is 4.79 Å². The van der Waals surface area contributed by atoms with Gasteiger partial charge in [-0.05, 0) is 89.1 Å². The Bertz CT molecular complexity index is 1150. The lowest BCUT2D eigenvalue weighted by Gasteiger charge is -2.59. The number of rotatable bonds is 10. The first kappa shape index (κ1) is 25.3. The second-order valence-electron chi connectivity index (χ2n) is 11.3. The number of nitrogens with one attached hydrogen (secondary N) is 1. The summed E-state index contributed by atoms with van der Waals surface area (Å²) in [5.74, 6) is 1.33. The van der Waals surface area contributed by atoms with Crippen molar-refractivity contribution in [3.63, 3.8) is 0 Å². The molecule has 1 atom stereocenters. The highest BCUT2D eigenvalue weighted by atomic mass is 19.1. The molecule has 4 aliphatic rings. The number of ether oxygens (including phenoxy) is 3. The van der Waals surface area contributed by atoms with Crippen LogP contribution < -0.4 is 19.5 Å². The van der Waals surface area contributed by atoms with Crippen LogP contribution in [-0.2, 0) is 4.79 Å². The molecule has 38 heavy (non-hydrogen) atoms. The first-order valence-electron chi connectivity index (χ1n) is 14.1. The third-order valence-electron chi connectivity index (χ3n) is 8.52. The van der Waals surface area contributed by atoms with Gasteiger partial charge in [0.25, 0.3) is 11.8 Å². The number of alkyl halides is 1. The van der Waals surface area contributed by atoms with Crippen molar-refractivity contribution in [3.8, 4) is 28.8 Å². The van der Waals surface area contributed by atoms with E-state index in [2.05, 4.69) is 10.3 Å². The van der Waals surface area contributed by atoms with E-state index in [1.54, 1.807) is 11.1 Å². The van der Waals surface area contributed by atoms with Crippen molar-refractivity contribution in [2.75, 3.05) is 32.8 Å². The summed E-state index contributed by atoms with van der Waals surface area (Å²) in [6.45, 7) is 5.32. The Hall–Kier alpha value is -2.94. The van der Waals surface area contributed by atoms with Gasteiger partial charge in [-0.2, -0.15) is 0 Å². The van der Waals surface area contributed by atoms with E-state index in [0.29, 0.717) is 62.7 Å². The largest absolute Gasteiger partial charge is 0.485 e. The molecule has 2 aliphatic heterocycles. The fourth-order valence-electron chi connectivity index (χ4n) is 6.27. The molecule has 204 valence electrons. The standard InChI is InChI=1S/C29H37FN4O4/c1-2-36-25-22(6-5-13-32-25)23-7-8-24(26(33-23)37-15-10-20-9-14-31-20)38-21-16-28(17-21)18-34(19-28)27(35)29(30)11-3-4-12-29/h5-8,13,20-21,31H,2-4,9-12,14-19H2,1H3. The van der Waals surface area contributed by atoms with E-state index in [4.69, 9.17) is 19.2 Å². The zero-order chi connectivity index (χ0) is 26.2. The van der Waals surface area contributed by atoms with Crippen LogP contribution in [0.15, 0.2) is 30.5 Å². The molecular formula is C29H37FN4O4. The number of amides is 1. The van der Waals surface area contributed by atoms with Crippen LogP contribution in [0.2, 0.25) is 0 Å². The second kappa shape index (κ2) is 10.3. The van der Waals surface area contributed by atoms with Crippen LogP contribution in [0.25, 0.3) is 11.3 Å². The van der Waals surface area contributed by atoms with Gasteiger partial charge in [-0.15, -0.1) is 0 Å². The molecule has 2 aromatic heterocycles. The summed E-state index contributed by atoms with van der Waals surface area (Å²) >= 11 is 0. The Balaban J connectivity index is 1.11. The number of nitrogens with zero attached hydrogens (tertiary/aromatic N) is 3. The van der Waals surface area contributed by atoms with Gasteiger partial charge in [-0.1, -0.05) is 0 Å². The van der Waals surface area contributed by atoms with Crippen LogP contribution in [0, 0.1) is 5.41 Å². The fourth-order valence-corrected chi connectivity index (χ4v) is 6.27. The maximum absolute atomic E-state index is 14.9. The number of aromatic nitrogens is 2. The molecule has 2 saturated heterocycles. The predicted molar refractivity (Wildman–Crippen MR) is 140 cm³/mol. The Labute approximate surface area is 223 Å². The van der Waals surface area contributed by atoms with E-state index >= 15 is 0 Å². The highest BCUT2D eigenvalue weighted by Gasteiger charge is 2.57. The van der Waals surface area contributed by atoms with Gasteiger partial charge in [0.1, 0.15) is 6.10 Å². The average molecular weight is 525 g/mol. The third kappa shape index (κ3) is 4.93. The number of hydrogen-bond donors (Lipinski definition) is 1. The quantitative estimate of drug-likeness (QED) is 0.495. The van der Waals surface area contributed by atoms with Gasteiger partial charge in [0.05, 0.1) is 24.5 Å². The summed E-state index contributed by atoms with van der Waals surface area (Å²) in [5.41, 5.74) is -0.0504. The Morgan fingerprint density at radius 3 is 2.66 bits per heavy atom.